The van der Waals surface area contributed by atoms with Gasteiger partial charge in [0.15, 0.2) is 11.6 Å². The molecule has 1 nitrogen and oxygen atoms in total. The van der Waals surface area contributed by atoms with Gasteiger partial charge >= 0.3 is 0 Å². The van der Waals surface area contributed by atoms with E-state index in [1.165, 1.54) is 6.07 Å². The number of benzene rings is 2. The fourth-order valence-electron chi connectivity index (χ4n) is 1.67. The van der Waals surface area contributed by atoms with E-state index in [0.29, 0.717) is 11.1 Å². The van der Waals surface area contributed by atoms with E-state index in [1.54, 1.807) is 30.3 Å². The van der Waals surface area contributed by atoms with Crippen LogP contribution in [0.15, 0.2) is 42.5 Å². The molecule has 0 N–H and O–H groups in total. The molecule has 3 heteroatoms. The predicted octanol–water partition coefficient (Wildman–Crippen LogP) is 3.70. The summed E-state index contributed by atoms with van der Waals surface area (Å²) in [6.45, 7) is 0. The summed E-state index contributed by atoms with van der Waals surface area (Å²) in [6.07, 6.45) is 0.0665. The van der Waals surface area contributed by atoms with Crippen molar-refractivity contribution < 1.29 is 8.78 Å². The lowest BCUT2D eigenvalue weighted by Crippen LogP contribution is -1.93. The molecule has 0 aliphatic carbocycles. The Morgan fingerprint density at radius 2 is 1.76 bits per heavy atom. The molecule has 2 aromatic carbocycles. The lowest BCUT2D eigenvalue weighted by Gasteiger charge is -2.06. The Balaban J connectivity index is 2.57. The molecule has 0 radical (unpaired) electrons. The maximum Gasteiger partial charge on any atom is 0.166 e. The predicted molar refractivity (Wildman–Crippen MR) is 61.1 cm³/mol. The van der Waals surface area contributed by atoms with Gasteiger partial charge in [-0.05, 0) is 23.3 Å². The van der Waals surface area contributed by atoms with Crippen molar-refractivity contribution in [1.82, 2.24) is 0 Å². The van der Waals surface area contributed by atoms with Gasteiger partial charge in [-0.1, -0.05) is 30.3 Å². The molecule has 0 spiro atoms. The van der Waals surface area contributed by atoms with Gasteiger partial charge in [-0.25, -0.2) is 8.78 Å². The van der Waals surface area contributed by atoms with Gasteiger partial charge in [0.25, 0.3) is 0 Å². The van der Waals surface area contributed by atoms with Gasteiger partial charge in [0.05, 0.1) is 12.5 Å². The zero-order valence-corrected chi connectivity index (χ0v) is 8.95. The fraction of sp³-hybridized carbons (Fsp3) is 0.0714. The smallest absolute Gasteiger partial charge is 0.166 e. The fourth-order valence-corrected chi connectivity index (χ4v) is 1.67. The standard InChI is InChI=1S/C14H9F2N/c15-13-9-10(6-7-17)8-12(14(13)16)11-4-2-1-3-5-11/h1-5,8-9H,6H2. The molecule has 0 bridgehead atoms. The summed E-state index contributed by atoms with van der Waals surface area (Å²) in [4.78, 5) is 0. The maximum atomic E-state index is 13.6. The molecule has 0 amide bonds. The van der Waals surface area contributed by atoms with Gasteiger partial charge in [0.2, 0.25) is 0 Å². The summed E-state index contributed by atoms with van der Waals surface area (Å²) in [7, 11) is 0. The van der Waals surface area contributed by atoms with E-state index in [0.717, 1.165) is 6.07 Å². The number of nitrogens with zero attached hydrogens (tertiary/aromatic N) is 1. The van der Waals surface area contributed by atoms with Crippen molar-refractivity contribution in [2.45, 2.75) is 6.42 Å². The van der Waals surface area contributed by atoms with Crippen LogP contribution in [0.4, 0.5) is 8.78 Å². The summed E-state index contributed by atoms with van der Waals surface area (Å²) in [5.74, 6) is -1.80. The van der Waals surface area contributed by atoms with Gasteiger partial charge in [-0.3, -0.25) is 0 Å². The zero-order chi connectivity index (χ0) is 12.3. The Hall–Kier alpha value is -2.21. The number of rotatable bonds is 2. The van der Waals surface area contributed by atoms with E-state index < -0.39 is 11.6 Å². The normalized spacial score (nSPS) is 9.94. The highest BCUT2D eigenvalue weighted by atomic mass is 19.2. The molecule has 84 valence electrons. The molecule has 2 rings (SSSR count). The van der Waals surface area contributed by atoms with Crippen molar-refractivity contribution in [3.63, 3.8) is 0 Å². The second kappa shape index (κ2) is 4.75. The monoisotopic (exact) mass is 229 g/mol. The first-order valence-corrected chi connectivity index (χ1v) is 5.12. The minimum atomic E-state index is -0.920. The Bertz CT molecular complexity index is 571. The SMILES string of the molecule is N#CCc1cc(F)c(F)c(-c2ccccc2)c1. The summed E-state index contributed by atoms with van der Waals surface area (Å²) < 4.78 is 27.0. The molecular weight excluding hydrogens is 220 g/mol. The second-order valence-corrected chi connectivity index (χ2v) is 3.64. The van der Waals surface area contributed by atoms with Crippen molar-refractivity contribution >= 4 is 0 Å². The molecule has 0 saturated heterocycles. The van der Waals surface area contributed by atoms with Gasteiger partial charge in [-0.15, -0.1) is 0 Å². The van der Waals surface area contributed by atoms with Crippen LogP contribution in [0, 0.1) is 23.0 Å². The van der Waals surface area contributed by atoms with E-state index in [9.17, 15) is 8.78 Å². The van der Waals surface area contributed by atoms with Crippen LogP contribution in [-0.2, 0) is 6.42 Å². The first-order chi connectivity index (χ1) is 8.22. The van der Waals surface area contributed by atoms with Gasteiger partial charge in [-0.2, -0.15) is 5.26 Å². The third-order valence-electron chi connectivity index (χ3n) is 2.46. The Labute approximate surface area is 97.9 Å². The van der Waals surface area contributed by atoms with E-state index in [1.807, 2.05) is 6.07 Å². The largest absolute Gasteiger partial charge is 0.204 e. The maximum absolute atomic E-state index is 13.6. The molecule has 0 aromatic heterocycles. The molecule has 0 unspecified atom stereocenters. The molecule has 17 heavy (non-hydrogen) atoms. The molecule has 0 atom stereocenters. The molecule has 0 fully saturated rings. The van der Waals surface area contributed by atoms with Crippen molar-refractivity contribution in [2.24, 2.45) is 0 Å². The molecular formula is C14H9F2N. The average molecular weight is 229 g/mol. The van der Waals surface area contributed by atoms with E-state index in [4.69, 9.17) is 5.26 Å². The molecule has 0 saturated carbocycles. The second-order valence-electron chi connectivity index (χ2n) is 3.64. The molecule has 0 aliphatic rings. The summed E-state index contributed by atoms with van der Waals surface area (Å²) in [6, 6.07) is 13.2. The van der Waals surface area contributed by atoms with Crippen LogP contribution in [0.1, 0.15) is 5.56 Å². The highest BCUT2D eigenvalue weighted by Gasteiger charge is 2.12. The van der Waals surface area contributed by atoms with Crippen LogP contribution in [0.25, 0.3) is 11.1 Å². The van der Waals surface area contributed by atoms with E-state index in [-0.39, 0.29) is 12.0 Å². The van der Waals surface area contributed by atoms with Crippen LogP contribution in [0.2, 0.25) is 0 Å². The van der Waals surface area contributed by atoms with Crippen molar-refractivity contribution in [2.75, 3.05) is 0 Å². The van der Waals surface area contributed by atoms with Crippen LogP contribution in [-0.4, -0.2) is 0 Å². The first kappa shape index (κ1) is 11.3. The van der Waals surface area contributed by atoms with Gasteiger partial charge < -0.3 is 0 Å². The molecule has 0 aliphatic heterocycles. The average Bonchev–Trinajstić information content (AvgIpc) is 2.35. The summed E-state index contributed by atoms with van der Waals surface area (Å²) in [5.41, 5.74) is 1.27. The van der Waals surface area contributed by atoms with Crippen LogP contribution >= 0.6 is 0 Å². The number of hydrogen-bond donors (Lipinski definition) is 0. The summed E-state index contributed by atoms with van der Waals surface area (Å²) in [5, 5.41) is 8.58. The van der Waals surface area contributed by atoms with Crippen LogP contribution in [0.3, 0.4) is 0 Å². The first-order valence-electron chi connectivity index (χ1n) is 5.12. The van der Waals surface area contributed by atoms with Crippen molar-refractivity contribution in [3.8, 4) is 17.2 Å². The van der Waals surface area contributed by atoms with Crippen molar-refractivity contribution in [3.05, 3.63) is 59.7 Å². The van der Waals surface area contributed by atoms with E-state index in [2.05, 4.69) is 0 Å². The Kier molecular flexibility index (Phi) is 3.15. The number of hydrogen-bond acceptors (Lipinski definition) is 1. The molecule has 2 aromatic rings. The quantitative estimate of drug-likeness (QED) is 0.770. The van der Waals surface area contributed by atoms with Crippen LogP contribution < -0.4 is 0 Å². The minimum absolute atomic E-state index is 0.0665. The van der Waals surface area contributed by atoms with Gasteiger partial charge in [0.1, 0.15) is 0 Å². The lowest BCUT2D eigenvalue weighted by atomic mass is 10.0. The Morgan fingerprint density at radius 3 is 2.41 bits per heavy atom. The zero-order valence-electron chi connectivity index (χ0n) is 8.95. The highest BCUT2D eigenvalue weighted by Crippen LogP contribution is 2.26. The lowest BCUT2D eigenvalue weighted by molar-refractivity contribution is 0.510. The third-order valence-corrected chi connectivity index (χ3v) is 2.46. The molecule has 0 heterocycles. The third kappa shape index (κ3) is 2.31. The number of nitriles is 1. The van der Waals surface area contributed by atoms with Crippen molar-refractivity contribution in [1.29, 1.82) is 5.26 Å². The highest BCUT2D eigenvalue weighted by molar-refractivity contribution is 5.65. The van der Waals surface area contributed by atoms with Crippen LogP contribution in [0.5, 0.6) is 0 Å². The minimum Gasteiger partial charge on any atom is -0.204 e. The summed E-state index contributed by atoms with van der Waals surface area (Å²) >= 11 is 0. The van der Waals surface area contributed by atoms with E-state index >= 15 is 0 Å². The topological polar surface area (TPSA) is 23.8 Å². The number of halogens is 2. The Morgan fingerprint density at radius 1 is 1.06 bits per heavy atom. The van der Waals surface area contributed by atoms with Gasteiger partial charge in [0, 0.05) is 5.56 Å².